The summed E-state index contributed by atoms with van der Waals surface area (Å²) < 4.78 is 20.6. The van der Waals surface area contributed by atoms with E-state index in [-0.39, 0.29) is 16.3 Å². The van der Waals surface area contributed by atoms with Crippen LogP contribution in [0.4, 0.5) is 4.39 Å². The Bertz CT molecular complexity index is 387. The second kappa shape index (κ2) is 5.23. The van der Waals surface area contributed by atoms with E-state index in [2.05, 4.69) is 4.72 Å². The minimum Gasteiger partial charge on any atom is -0.495 e. The van der Waals surface area contributed by atoms with E-state index in [1.165, 1.54) is 13.2 Å². The molecule has 0 aliphatic rings. The van der Waals surface area contributed by atoms with E-state index >= 15 is 0 Å². The van der Waals surface area contributed by atoms with Crippen molar-refractivity contribution in [1.29, 1.82) is 0 Å². The number of hydrogen-bond donors (Lipinski definition) is 1. The van der Waals surface area contributed by atoms with Crippen LogP contribution >= 0.6 is 23.5 Å². The lowest BCUT2D eigenvalue weighted by Crippen LogP contribution is -2.16. The molecule has 0 radical (unpaired) electrons. The van der Waals surface area contributed by atoms with Crippen molar-refractivity contribution >= 4 is 29.5 Å². The number of ether oxygens (including phenoxy) is 1. The first-order valence-electron chi connectivity index (χ1n) is 3.96. The predicted octanol–water partition coefficient (Wildman–Crippen LogP) is 2.50. The Morgan fingerprint density at radius 1 is 1.60 bits per heavy atom. The third kappa shape index (κ3) is 2.76. The molecule has 3 nitrogen and oxygen atoms in total. The van der Waals surface area contributed by atoms with Crippen LogP contribution < -0.4 is 9.46 Å². The van der Waals surface area contributed by atoms with Crippen molar-refractivity contribution in [3.05, 3.63) is 28.5 Å². The van der Waals surface area contributed by atoms with Crippen molar-refractivity contribution in [3.8, 4) is 5.75 Å². The number of halogens is 2. The highest BCUT2D eigenvalue weighted by atomic mass is 35.5. The molecule has 0 heterocycles. The monoisotopic (exact) mass is 249 g/mol. The molecular formula is C9H9ClFNO2S. The van der Waals surface area contributed by atoms with Gasteiger partial charge >= 0.3 is 0 Å². The largest absolute Gasteiger partial charge is 0.495 e. The zero-order chi connectivity index (χ0) is 11.4. The summed E-state index contributed by atoms with van der Waals surface area (Å²) in [7, 11) is 1.38. The molecular weight excluding hydrogens is 241 g/mol. The van der Waals surface area contributed by atoms with Gasteiger partial charge < -0.3 is 4.74 Å². The van der Waals surface area contributed by atoms with Crippen LogP contribution in [0.5, 0.6) is 5.75 Å². The molecule has 15 heavy (non-hydrogen) atoms. The zero-order valence-corrected chi connectivity index (χ0v) is 9.71. The van der Waals surface area contributed by atoms with Crippen LogP contribution in [-0.4, -0.2) is 19.3 Å². The van der Waals surface area contributed by atoms with Crippen LogP contribution in [0.2, 0.25) is 5.02 Å². The SMILES string of the molecule is COc1cc(F)c(C(=O)NSC)cc1Cl. The van der Waals surface area contributed by atoms with Gasteiger partial charge in [0.05, 0.1) is 17.7 Å². The molecule has 0 fully saturated rings. The molecule has 1 amide bonds. The second-order valence-corrected chi connectivity index (χ2v) is 3.62. The number of rotatable bonds is 3. The maximum absolute atomic E-state index is 13.4. The summed E-state index contributed by atoms with van der Waals surface area (Å²) in [5, 5.41) is 0.199. The minimum atomic E-state index is -0.664. The molecule has 0 unspecified atom stereocenters. The molecule has 6 heteroatoms. The molecule has 0 bridgehead atoms. The normalized spacial score (nSPS) is 9.87. The van der Waals surface area contributed by atoms with Gasteiger partial charge in [-0.1, -0.05) is 23.5 Å². The van der Waals surface area contributed by atoms with Crippen LogP contribution in [0.1, 0.15) is 10.4 Å². The van der Waals surface area contributed by atoms with Gasteiger partial charge in [-0.25, -0.2) is 4.39 Å². The highest BCUT2D eigenvalue weighted by Crippen LogP contribution is 2.27. The summed E-state index contributed by atoms with van der Waals surface area (Å²) in [6.45, 7) is 0. The van der Waals surface area contributed by atoms with E-state index in [0.29, 0.717) is 0 Å². The first-order valence-corrected chi connectivity index (χ1v) is 5.56. The maximum Gasteiger partial charge on any atom is 0.264 e. The van der Waals surface area contributed by atoms with E-state index < -0.39 is 11.7 Å². The summed E-state index contributed by atoms with van der Waals surface area (Å²) in [6.07, 6.45) is 1.67. The highest BCUT2D eigenvalue weighted by molar-refractivity contribution is 7.97. The van der Waals surface area contributed by atoms with E-state index in [1.807, 2.05) is 0 Å². The standard InChI is InChI=1S/C9H9ClFNO2S/c1-14-8-4-7(11)5(3-6(8)10)9(13)12-15-2/h3-4H,1-2H3,(H,12,13). The van der Waals surface area contributed by atoms with Crippen LogP contribution in [0, 0.1) is 5.82 Å². The smallest absolute Gasteiger partial charge is 0.264 e. The third-order valence-electron chi connectivity index (χ3n) is 1.68. The second-order valence-electron chi connectivity index (χ2n) is 2.60. The van der Waals surface area contributed by atoms with Crippen LogP contribution in [0.3, 0.4) is 0 Å². The fraction of sp³-hybridized carbons (Fsp3) is 0.222. The molecule has 1 rings (SSSR count). The molecule has 1 aromatic carbocycles. The summed E-state index contributed by atoms with van der Waals surface area (Å²) in [6, 6.07) is 2.32. The van der Waals surface area contributed by atoms with Gasteiger partial charge in [0, 0.05) is 12.3 Å². The Morgan fingerprint density at radius 3 is 2.80 bits per heavy atom. The van der Waals surface area contributed by atoms with Crippen molar-refractivity contribution in [2.24, 2.45) is 0 Å². The van der Waals surface area contributed by atoms with Gasteiger partial charge in [-0.15, -0.1) is 0 Å². The number of hydrogen-bond acceptors (Lipinski definition) is 3. The minimum absolute atomic E-state index is 0.102. The predicted molar refractivity (Wildman–Crippen MR) is 58.9 cm³/mol. The topological polar surface area (TPSA) is 38.3 Å². The molecule has 1 aromatic rings. The molecule has 0 saturated heterocycles. The Labute approximate surface area is 96.1 Å². The Kier molecular flexibility index (Phi) is 4.23. The van der Waals surface area contributed by atoms with Crippen molar-refractivity contribution in [2.75, 3.05) is 13.4 Å². The molecule has 0 aliphatic carbocycles. The number of methoxy groups -OCH3 is 1. The maximum atomic E-state index is 13.4. The van der Waals surface area contributed by atoms with Gasteiger partial charge in [-0.2, -0.15) is 0 Å². The number of amides is 1. The number of benzene rings is 1. The summed E-state index contributed by atoms with van der Waals surface area (Å²) in [4.78, 5) is 11.3. The van der Waals surface area contributed by atoms with E-state index in [4.69, 9.17) is 16.3 Å². The van der Waals surface area contributed by atoms with Crippen molar-refractivity contribution in [2.45, 2.75) is 0 Å². The van der Waals surface area contributed by atoms with Crippen LogP contribution in [0.15, 0.2) is 12.1 Å². The van der Waals surface area contributed by atoms with E-state index in [0.717, 1.165) is 18.0 Å². The lowest BCUT2D eigenvalue weighted by atomic mass is 10.2. The molecule has 0 aliphatic heterocycles. The van der Waals surface area contributed by atoms with Gasteiger partial charge in [0.2, 0.25) is 0 Å². The highest BCUT2D eigenvalue weighted by Gasteiger charge is 2.14. The van der Waals surface area contributed by atoms with Gasteiger partial charge in [-0.3, -0.25) is 9.52 Å². The first kappa shape index (κ1) is 12.1. The average Bonchev–Trinajstić information content (AvgIpc) is 2.21. The number of nitrogens with one attached hydrogen (secondary N) is 1. The van der Waals surface area contributed by atoms with Gasteiger partial charge in [-0.05, 0) is 6.07 Å². The van der Waals surface area contributed by atoms with Crippen LogP contribution in [0.25, 0.3) is 0 Å². The van der Waals surface area contributed by atoms with Gasteiger partial charge in [0.15, 0.2) is 0 Å². The van der Waals surface area contributed by atoms with Crippen molar-refractivity contribution in [3.63, 3.8) is 0 Å². The zero-order valence-electron chi connectivity index (χ0n) is 8.14. The lowest BCUT2D eigenvalue weighted by Gasteiger charge is -2.07. The molecule has 0 spiro atoms. The van der Waals surface area contributed by atoms with Crippen LogP contribution in [-0.2, 0) is 0 Å². The molecule has 0 aromatic heterocycles. The first-order chi connectivity index (χ1) is 7.10. The van der Waals surface area contributed by atoms with E-state index in [9.17, 15) is 9.18 Å². The lowest BCUT2D eigenvalue weighted by molar-refractivity contribution is 0.0980. The quantitative estimate of drug-likeness (QED) is 0.837. The fourth-order valence-corrected chi connectivity index (χ4v) is 1.54. The number of carbonyl (C=O) groups is 1. The van der Waals surface area contributed by atoms with Gasteiger partial charge in [0.1, 0.15) is 11.6 Å². The molecule has 0 atom stereocenters. The molecule has 82 valence electrons. The van der Waals surface area contributed by atoms with Crippen molar-refractivity contribution < 1.29 is 13.9 Å². The number of carbonyl (C=O) groups excluding carboxylic acids is 1. The molecule has 0 saturated carbocycles. The summed E-state index contributed by atoms with van der Waals surface area (Å²) in [5.74, 6) is -0.984. The van der Waals surface area contributed by atoms with Gasteiger partial charge in [0.25, 0.3) is 5.91 Å². The fourth-order valence-electron chi connectivity index (χ4n) is 1.01. The van der Waals surface area contributed by atoms with E-state index in [1.54, 1.807) is 6.26 Å². The Morgan fingerprint density at radius 2 is 2.27 bits per heavy atom. The Balaban J connectivity index is 3.10. The summed E-state index contributed by atoms with van der Waals surface area (Å²) >= 11 is 6.86. The Hall–Kier alpha value is -0.940. The summed E-state index contributed by atoms with van der Waals surface area (Å²) in [5.41, 5.74) is -0.102. The third-order valence-corrected chi connectivity index (χ3v) is 2.37. The molecule has 1 N–H and O–H groups in total. The average molecular weight is 250 g/mol. The van der Waals surface area contributed by atoms with Crippen molar-refractivity contribution in [1.82, 2.24) is 4.72 Å².